The van der Waals surface area contributed by atoms with Crippen molar-refractivity contribution in [3.05, 3.63) is 23.8 Å². The molecule has 2 atom stereocenters. The Hall–Kier alpha value is -2.26. The Balaban J connectivity index is 2.04. The Morgan fingerprint density at radius 3 is 2.69 bits per heavy atom. The highest BCUT2D eigenvalue weighted by atomic mass is 32.2. The van der Waals surface area contributed by atoms with Gasteiger partial charge in [-0.1, -0.05) is 6.07 Å². The molecule has 0 radical (unpaired) electrons. The number of benzene rings is 1. The Morgan fingerprint density at radius 2 is 2.12 bits per heavy atom. The van der Waals surface area contributed by atoms with Crippen LogP contribution in [0.3, 0.4) is 0 Å². The van der Waals surface area contributed by atoms with Crippen LogP contribution in [0.5, 0.6) is 0 Å². The number of thioether (sulfide) groups is 1. The average Bonchev–Trinajstić information content (AvgIpc) is 3.03. The Bertz CT molecular complexity index is 693. The lowest BCUT2D eigenvalue weighted by atomic mass is 10.1. The molecular formula is C17H24N4O4S. The zero-order chi connectivity index (χ0) is 19.3. The molecular weight excluding hydrogens is 356 g/mol. The Kier molecular flexibility index (Phi) is 6.87. The minimum Gasteiger partial charge on any atom is -0.395 e. The molecule has 1 aliphatic rings. The number of aliphatic hydroxyl groups is 1. The van der Waals surface area contributed by atoms with Gasteiger partial charge in [0.2, 0.25) is 0 Å². The van der Waals surface area contributed by atoms with E-state index in [1.165, 1.54) is 11.8 Å². The van der Waals surface area contributed by atoms with Crippen molar-refractivity contribution in [3.8, 4) is 0 Å². The molecule has 2 rings (SSSR count). The average molecular weight is 380 g/mol. The van der Waals surface area contributed by atoms with Crippen molar-refractivity contribution in [1.29, 1.82) is 0 Å². The summed E-state index contributed by atoms with van der Waals surface area (Å²) in [4.78, 5) is 37.7. The highest BCUT2D eigenvalue weighted by molar-refractivity contribution is 7.99. The highest BCUT2D eigenvalue weighted by Gasteiger charge is 2.24. The molecule has 2 unspecified atom stereocenters. The summed E-state index contributed by atoms with van der Waals surface area (Å²) in [6.07, 6.45) is 1.83. The summed E-state index contributed by atoms with van der Waals surface area (Å²) >= 11 is 1.41. The second-order valence-electron chi connectivity index (χ2n) is 6.06. The van der Waals surface area contributed by atoms with Gasteiger partial charge in [0.25, 0.3) is 0 Å². The van der Waals surface area contributed by atoms with E-state index in [0.717, 1.165) is 5.56 Å². The molecule has 8 nitrogen and oxygen atoms in total. The van der Waals surface area contributed by atoms with Gasteiger partial charge in [-0.2, -0.15) is 11.8 Å². The van der Waals surface area contributed by atoms with Gasteiger partial charge < -0.3 is 21.1 Å². The van der Waals surface area contributed by atoms with Crippen molar-refractivity contribution < 1.29 is 19.5 Å². The molecule has 4 amide bonds. The van der Waals surface area contributed by atoms with Gasteiger partial charge in [-0.3, -0.25) is 14.5 Å². The smallest absolute Gasteiger partial charge is 0.322 e. The van der Waals surface area contributed by atoms with Crippen LogP contribution in [0.25, 0.3) is 0 Å². The molecule has 1 aromatic carbocycles. The van der Waals surface area contributed by atoms with Gasteiger partial charge in [0.05, 0.1) is 12.3 Å². The summed E-state index contributed by atoms with van der Waals surface area (Å²) in [5.74, 6) is -1.57. The van der Waals surface area contributed by atoms with Crippen molar-refractivity contribution in [1.82, 2.24) is 10.6 Å². The number of amides is 4. The van der Waals surface area contributed by atoms with E-state index in [0.29, 0.717) is 24.5 Å². The SMILES string of the molecule is CSC(CO)C(C)NC(=O)C(=O)Nc1ccc(C)c(N2CCNC2=O)c1. The summed E-state index contributed by atoms with van der Waals surface area (Å²) in [6, 6.07) is 4.60. The minimum atomic E-state index is -0.796. The van der Waals surface area contributed by atoms with Crippen molar-refractivity contribution in [2.75, 3.05) is 36.2 Å². The number of hydrogen-bond donors (Lipinski definition) is 4. The first kappa shape index (κ1) is 20.1. The number of aryl methyl sites for hydroxylation is 1. The summed E-state index contributed by atoms with van der Waals surface area (Å²) in [5, 5.41) is 16.9. The molecule has 4 N–H and O–H groups in total. The Morgan fingerprint density at radius 1 is 1.38 bits per heavy atom. The van der Waals surface area contributed by atoms with E-state index in [1.807, 2.05) is 13.2 Å². The monoisotopic (exact) mass is 380 g/mol. The summed E-state index contributed by atoms with van der Waals surface area (Å²) in [5.41, 5.74) is 2.01. The molecule has 0 aliphatic carbocycles. The third-order valence-corrected chi connectivity index (χ3v) is 5.38. The van der Waals surface area contributed by atoms with Crippen LogP contribution in [0.15, 0.2) is 18.2 Å². The van der Waals surface area contributed by atoms with Crippen LogP contribution in [0.2, 0.25) is 0 Å². The summed E-state index contributed by atoms with van der Waals surface area (Å²) < 4.78 is 0. The van der Waals surface area contributed by atoms with E-state index < -0.39 is 11.8 Å². The van der Waals surface area contributed by atoms with Crippen LogP contribution in [-0.2, 0) is 9.59 Å². The number of anilines is 2. The first-order chi connectivity index (χ1) is 12.4. The second-order valence-corrected chi connectivity index (χ2v) is 7.13. The zero-order valence-electron chi connectivity index (χ0n) is 15.0. The van der Waals surface area contributed by atoms with E-state index in [2.05, 4.69) is 16.0 Å². The van der Waals surface area contributed by atoms with Gasteiger partial charge in [-0.25, -0.2) is 4.79 Å². The molecule has 9 heteroatoms. The summed E-state index contributed by atoms with van der Waals surface area (Å²) in [6.45, 7) is 4.63. The number of carbonyl (C=O) groups is 3. The summed E-state index contributed by atoms with van der Waals surface area (Å²) in [7, 11) is 0. The van der Waals surface area contributed by atoms with Gasteiger partial charge in [-0.15, -0.1) is 0 Å². The lowest BCUT2D eigenvalue weighted by molar-refractivity contribution is -0.136. The number of nitrogens with one attached hydrogen (secondary N) is 3. The van der Waals surface area contributed by atoms with Crippen molar-refractivity contribution in [2.24, 2.45) is 0 Å². The number of urea groups is 1. The molecule has 0 aromatic heterocycles. The van der Waals surface area contributed by atoms with Crippen molar-refractivity contribution in [3.63, 3.8) is 0 Å². The normalized spacial score (nSPS) is 16.0. The quantitative estimate of drug-likeness (QED) is 0.543. The molecule has 1 aliphatic heterocycles. The molecule has 0 spiro atoms. The van der Waals surface area contributed by atoms with Gasteiger partial charge in [0.15, 0.2) is 0 Å². The standard InChI is InChI=1S/C17H24N4O4S/c1-10-4-5-12(8-13(10)21-7-6-18-17(21)25)20-16(24)15(23)19-11(2)14(9-22)26-3/h4-5,8,11,14,22H,6-7,9H2,1-3H3,(H,18,25)(H,19,23)(H,20,24). The van der Waals surface area contributed by atoms with E-state index in [-0.39, 0.29) is 23.9 Å². The highest BCUT2D eigenvalue weighted by Crippen LogP contribution is 2.25. The molecule has 1 heterocycles. The fraction of sp³-hybridized carbons (Fsp3) is 0.471. The topological polar surface area (TPSA) is 111 Å². The van der Waals surface area contributed by atoms with Gasteiger partial charge in [0.1, 0.15) is 0 Å². The number of hydrogen-bond acceptors (Lipinski definition) is 5. The molecule has 142 valence electrons. The van der Waals surface area contributed by atoms with E-state index in [1.54, 1.807) is 30.0 Å². The van der Waals surface area contributed by atoms with Crippen molar-refractivity contribution in [2.45, 2.75) is 25.1 Å². The number of rotatable bonds is 6. The van der Waals surface area contributed by atoms with Crippen LogP contribution in [-0.4, -0.2) is 60.2 Å². The van der Waals surface area contributed by atoms with Crippen LogP contribution in [0.4, 0.5) is 16.2 Å². The predicted octanol–water partition coefficient (Wildman–Crippen LogP) is 0.692. The van der Waals surface area contributed by atoms with Crippen LogP contribution < -0.4 is 20.9 Å². The zero-order valence-corrected chi connectivity index (χ0v) is 15.9. The molecule has 1 fully saturated rings. The third kappa shape index (κ3) is 4.67. The Labute approximate surface area is 156 Å². The lowest BCUT2D eigenvalue weighted by Crippen LogP contribution is -2.45. The van der Waals surface area contributed by atoms with Crippen LogP contribution in [0, 0.1) is 6.92 Å². The maximum Gasteiger partial charge on any atom is 0.322 e. The first-order valence-electron chi connectivity index (χ1n) is 8.29. The predicted molar refractivity (Wildman–Crippen MR) is 103 cm³/mol. The van der Waals surface area contributed by atoms with Gasteiger partial charge in [0, 0.05) is 30.1 Å². The van der Waals surface area contributed by atoms with E-state index in [4.69, 9.17) is 0 Å². The molecule has 1 saturated heterocycles. The fourth-order valence-electron chi connectivity index (χ4n) is 2.67. The van der Waals surface area contributed by atoms with E-state index >= 15 is 0 Å². The number of carbonyl (C=O) groups excluding carboxylic acids is 3. The van der Waals surface area contributed by atoms with Crippen LogP contribution in [0.1, 0.15) is 12.5 Å². The molecule has 1 aromatic rings. The van der Waals surface area contributed by atoms with Crippen molar-refractivity contribution >= 4 is 41.0 Å². The number of aliphatic hydroxyl groups excluding tert-OH is 1. The minimum absolute atomic E-state index is 0.0938. The molecule has 26 heavy (non-hydrogen) atoms. The second kappa shape index (κ2) is 8.91. The largest absolute Gasteiger partial charge is 0.395 e. The van der Waals surface area contributed by atoms with Crippen LogP contribution >= 0.6 is 11.8 Å². The fourth-order valence-corrected chi connectivity index (χ4v) is 3.29. The number of nitrogens with zero attached hydrogens (tertiary/aromatic N) is 1. The lowest BCUT2D eigenvalue weighted by Gasteiger charge is -2.21. The van der Waals surface area contributed by atoms with Gasteiger partial charge >= 0.3 is 17.8 Å². The molecule has 0 bridgehead atoms. The maximum absolute atomic E-state index is 12.1. The van der Waals surface area contributed by atoms with E-state index in [9.17, 15) is 19.5 Å². The maximum atomic E-state index is 12.1. The third-order valence-electron chi connectivity index (χ3n) is 4.22. The molecule has 0 saturated carbocycles. The first-order valence-corrected chi connectivity index (χ1v) is 9.57. The van der Waals surface area contributed by atoms with Gasteiger partial charge in [-0.05, 0) is 37.8 Å².